The molecule has 0 atom stereocenters. The van der Waals surface area contributed by atoms with Crippen LogP contribution in [0.15, 0.2) is 23.5 Å². The Morgan fingerprint density at radius 2 is 2.50 bits per heavy atom. The molecular weight excluding hydrogens is 126 g/mol. The zero-order chi connectivity index (χ0) is 7.40. The van der Waals surface area contributed by atoms with Crippen molar-refractivity contribution in [1.29, 1.82) is 0 Å². The minimum Gasteiger partial charge on any atom is -0.318 e. The number of hydrogen-bond donors (Lipinski definition) is 0. The van der Waals surface area contributed by atoms with E-state index in [1.165, 1.54) is 0 Å². The first-order chi connectivity index (χ1) is 4.88. The summed E-state index contributed by atoms with van der Waals surface area (Å²) >= 11 is 0. The van der Waals surface area contributed by atoms with Crippen LogP contribution in [0.3, 0.4) is 0 Å². The van der Waals surface area contributed by atoms with Crippen molar-refractivity contribution in [3.05, 3.63) is 24.1 Å². The van der Waals surface area contributed by atoms with Gasteiger partial charge in [-0.05, 0) is 13.0 Å². The van der Waals surface area contributed by atoms with Crippen LogP contribution in [0.25, 0.3) is 0 Å². The van der Waals surface area contributed by atoms with Crippen LogP contribution in [0.1, 0.15) is 6.92 Å². The fraction of sp³-hybridized carbons (Fsp3) is 0.429. The Labute approximate surface area is 60.1 Å². The quantitative estimate of drug-likeness (QED) is 0.552. The summed E-state index contributed by atoms with van der Waals surface area (Å²) in [6.07, 6.45) is 3.71. The van der Waals surface area contributed by atoms with Gasteiger partial charge in [-0.15, -0.1) is 0 Å². The van der Waals surface area contributed by atoms with Gasteiger partial charge in [-0.25, -0.2) is 4.98 Å². The van der Waals surface area contributed by atoms with Gasteiger partial charge in [0.15, 0.2) is 0 Å². The standard InChI is InChI=1S/C7H11N3/c1-3-10-6-4-5-9-7(10)8-2/h4-6H,3H2,1-2H3/b8-7-. The lowest BCUT2D eigenvalue weighted by molar-refractivity contribution is 0.678. The van der Waals surface area contributed by atoms with Crippen LogP contribution in [0.4, 0.5) is 0 Å². The van der Waals surface area contributed by atoms with Gasteiger partial charge in [0.25, 0.3) is 0 Å². The van der Waals surface area contributed by atoms with Gasteiger partial charge in [0, 0.05) is 26.0 Å². The third-order valence-corrected chi connectivity index (χ3v) is 1.34. The molecule has 0 bridgehead atoms. The third-order valence-electron chi connectivity index (χ3n) is 1.34. The number of rotatable bonds is 1. The molecule has 54 valence electrons. The number of hydrogen-bond acceptors (Lipinski definition) is 2. The predicted molar refractivity (Wildman–Crippen MR) is 39.4 cm³/mol. The molecule has 0 aliphatic carbocycles. The number of aryl methyl sites for hydroxylation is 1. The summed E-state index contributed by atoms with van der Waals surface area (Å²) < 4.78 is 1.99. The van der Waals surface area contributed by atoms with Crippen LogP contribution in [0, 0.1) is 0 Å². The molecule has 3 nitrogen and oxygen atoms in total. The Bertz CT molecular complexity index is 262. The van der Waals surface area contributed by atoms with Crippen molar-refractivity contribution in [1.82, 2.24) is 9.55 Å². The summed E-state index contributed by atoms with van der Waals surface area (Å²) in [7, 11) is 1.74. The molecule has 0 aromatic carbocycles. The Balaban J connectivity index is 3.23. The molecule has 1 heterocycles. The molecule has 0 spiro atoms. The van der Waals surface area contributed by atoms with E-state index in [0.717, 1.165) is 12.2 Å². The van der Waals surface area contributed by atoms with Crippen LogP contribution in [0.5, 0.6) is 0 Å². The van der Waals surface area contributed by atoms with E-state index in [9.17, 15) is 0 Å². The molecule has 1 aromatic heterocycles. The minimum absolute atomic E-state index is 0.782. The van der Waals surface area contributed by atoms with E-state index in [1.807, 2.05) is 16.8 Å². The van der Waals surface area contributed by atoms with Crippen molar-refractivity contribution in [3.8, 4) is 0 Å². The van der Waals surface area contributed by atoms with Gasteiger partial charge in [-0.1, -0.05) is 0 Å². The largest absolute Gasteiger partial charge is 0.318 e. The molecule has 3 heteroatoms. The van der Waals surface area contributed by atoms with Gasteiger partial charge in [-0.2, -0.15) is 0 Å². The Morgan fingerprint density at radius 1 is 1.70 bits per heavy atom. The smallest absolute Gasteiger partial charge is 0.224 e. The summed E-state index contributed by atoms with van der Waals surface area (Å²) in [6.45, 7) is 2.98. The summed E-state index contributed by atoms with van der Waals surface area (Å²) in [4.78, 5) is 8.06. The molecule has 0 saturated heterocycles. The molecular formula is C7H11N3. The Hall–Kier alpha value is -1.12. The monoisotopic (exact) mass is 137 g/mol. The van der Waals surface area contributed by atoms with E-state index in [-0.39, 0.29) is 0 Å². The zero-order valence-corrected chi connectivity index (χ0v) is 6.28. The topological polar surface area (TPSA) is 30.2 Å². The average Bonchev–Trinajstić information content (AvgIpc) is 2.04. The molecule has 10 heavy (non-hydrogen) atoms. The zero-order valence-electron chi connectivity index (χ0n) is 6.28. The summed E-state index contributed by atoms with van der Waals surface area (Å²) in [5.41, 5.74) is 0.782. The second kappa shape index (κ2) is 3.15. The molecule has 0 fully saturated rings. The second-order valence-corrected chi connectivity index (χ2v) is 1.93. The van der Waals surface area contributed by atoms with E-state index in [0.29, 0.717) is 0 Å². The molecule has 0 amide bonds. The predicted octanol–water partition coefficient (Wildman–Crippen LogP) is 0.433. The van der Waals surface area contributed by atoms with E-state index in [2.05, 4.69) is 16.9 Å². The first-order valence-electron chi connectivity index (χ1n) is 3.32. The number of aromatic nitrogens is 2. The van der Waals surface area contributed by atoms with Crippen molar-refractivity contribution in [3.63, 3.8) is 0 Å². The maximum absolute atomic E-state index is 4.06. The first kappa shape index (κ1) is 6.99. The van der Waals surface area contributed by atoms with Gasteiger partial charge in [0.1, 0.15) is 0 Å². The Kier molecular flexibility index (Phi) is 2.20. The fourth-order valence-electron chi connectivity index (χ4n) is 0.826. The van der Waals surface area contributed by atoms with Gasteiger partial charge >= 0.3 is 0 Å². The van der Waals surface area contributed by atoms with E-state index in [1.54, 1.807) is 13.2 Å². The lowest BCUT2D eigenvalue weighted by atomic mass is 10.6. The molecule has 0 radical (unpaired) electrons. The van der Waals surface area contributed by atoms with Crippen molar-refractivity contribution in [2.45, 2.75) is 13.5 Å². The summed E-state index contributed by atoms with van der Waals surface area (Å²) in [5, 5.41) is 0. The molecule has 0 saturated carbocycles. The van der Waals surface area contributed by atoms with E-state index < -0.39 is 0 Å². The molecule has 1 aromatic rings. The van der Waals surface area contributed by atoms with Gasteiger partial charge in [0.05, 0.1) is 0 Å². The van der Waals surface area contributed by atoms with E-state index >= 15 is 0 Å². The summed E-state index contributed by atoms with van der Waals surface area (Å²) in [5.74, 6) is 0. The lowest BCUT2D eigenvalue weighted by Crippen LogP contribution is -2.21. The van der Waals surface area contributed by atoms with Crippen molar-refractivity contribution < 1.29 is 0 Å². The van der Waals surface area contributed by atoms with Crippen LogP contribution in [-0.2, 0) is 6.54 Å². The highest BCUT2D eigenvalue weighted by atomic mass is 15.1. The SMILES string of the molecule is CCn1cccn/c1=N/C. The Morgan fingerprint density at radius 3 is 3.00 bits per heavy atom. The van der Waals surface area contributed by atoms with Crippen molar-refractivity contribution in [2.75, 3.05) is 7.05 Å². The molecule has 0 aliphatic rings. The molecule has 0 unspecified atom stereocenters. The second-order valence-electron chi connectivity index (χ2n) is 1.93. The normalized spacial score (nSPS) is 12.0. The highest BCUT2D eigenvalue weighted by molar-refractivity contribution is 4.79. The van der Waals surface area contributed by atoms with Gasteiger partial charge in [0.2, 0.25) is 5.62 Å². The molecule has 0 aliphatic heterocycles. The van der Waals surface area contributed by atoms with Crippen LogP contribution < -0.4 is 5.62 Å². The maximum Gasteiger partial charge on any atom is 0.224 e. The minimum atomic E-state index is 0.782. The van der Waals surface area contributed by atoms with Crippen LogP contribution in [-0.4, -0.2) is 16.6 Å². The third kappa shape index (κ3) is 1.23. The average molecular weight is 137 g/mol. The fourth-order valence-corrected chi connectivity index (χ4v) is 0.826. The van der Waals surface area contributed by atoms with Crippen molar-refractivity contribution in [2.24, 2.45) is 4.99 Å². The molecule has 0 N–H and O–H groups in total. The van der Waals surface area contributed by atoms with Crippen LogP contribution in [0.2, 0.25) is 0 Å². The van der Waals surface area contributed by atoms with Crippen LogP contribution >= 0.6 is 0 Å². The lowest BCUT2D eigenvalue weighted by Gasteiger charge is -1.99. The van der Waals surface area contributed by atoms with Crippen molar-refractivity contribution >= 4 is 0 Å². The highest BCUT2D eigenvalue weighted by Crippen LogP contribution is 1.76. The summed E-state index contributed by atoms with van der Waals surface area (Å²) in [6, 6.07) is 1.90. The molecule has 1 rings (SSSR count). The first-order valence-corrected chi connectivity index (χ1v) is 3.32. The number of nitrogens with zero attached hydrogens (tertiary/aromatic N) is 3. The van der Waals surface area contributed by atoms with Gasteiger partial charge in [-0.3, -0.25) is 4.99 Å². The highest BCUT2D eigenvalue weighted by Gasteiger charge is 1.84. The van der Waals surface area contributed by atoms with E-state index in [4.69, 9.17) is 0 Å². The van der Waals surface area contributed by atoms with Gasteiger partial charge < -0.3 is 4.57 Å². The maximum atomic E-state index is 4.06.